The normalized spacial score (nSPS) is 13.8. The van der Waals surface area contributed by atoms with E-state index in [0.29, 0.717) is 53.1 Å². The van der Waals surface area contributed by atoms with Gasteiger partial charge in [0, 0.05) is 27.4 Å². The highest BCUT2D eigenvalue weighted by molar-refractivity contribution is 7.91. The van der Waals surface area contributed by atoms with Gasteiger partial charge in [-0.15, -0.1) is 11.3 Å². The Hall–Kier alpha value is -3.12. The minimum absolute atomic E-state index is 0.0615. The number of benzene rings is 1. The van der Waals surface area contributed by atoms with Crippen LogP contribution in [0.3, 0.4) is 0 Å². The third-order valence-corrected chi connectivity index (χ3v) is 9.35. The van der Waals surface area contributed by atoms with Crippen LogP contribution in [0, 0.1) is 0 Å². The number of nitrogens with one attached hydrogen (secondary N) is 2. The standard InChI is InChI=1S/C27H29F3N2O5S2/c1-2-19-10-13-23(38-19)21-16-22(31-25(33)24(21)26(34)32-39(35,36)20-11-12-20)17-6-8-18(9-7-17)37-15-5-3-4-14-27(28,29)30/h6-10,13,16,20H,2-5,11-12,14-15H2,1H3,(H,31,33)(H,32,34). The van der Waals surface area contributed by atoms with Gasteiger partial charge in [0.1, 0.15) is 11.3 Å². The third-order valence-electron chi connectivity index (χ3n) is 6.27. The van der Waals surface area contributed by atoms with E-state index in [1.165, 1.54) is 11.3 Å². The molecule has 2 aromatic heterocycles. The van der Waals surface area contributed by atoms with Crippen LogP contribution in [-0.4, -0.2) is 37.3 Å². The summed E-state index contributed by atoms with van der Waals surface area (Å²) in [6.07, 6.45) is -2.25. The van der Waals surface area contributed by atoms with E-state index in [1.807, 2.05) is 13.0 Å². The molecule has 1 aliphatic rings. The quantitative estimate of drug-likeness (QED) is 0.253. The second-order valence-electron chi connectivity index (χ2n) is 9.39. The van der Waals surface area contributed by atoms with E-state index in [9.17, 15) is 31.2 Å². The number of hydrogen-bond acceptors (Lipinski definition) is 6. The first kappa shape index (κ1) is 28.9. The van der Waals surface area contributed by atoms with Gasteiger partial charge in [0.05, 0.1) is 11.9 Å². The van der Waals surface area contributed by atoms with Gasteiger partial charge >= 0.3 is 6.18 Å². The van der Waals surface area contributed by atoms with E-state index in [4.69, 9.17) is 4.74 Å². The Balaban J connectivity index is 1.53. The lowest BCUT2D eigenvalue weighted by atomic mass is 10.0. The van der Waals surface area contributed by atoms with Crippen LogP contribution in [0.25, 0.3) is 21.7 Å². The highest BCUT2D eigenvalue weighted by Crippen LogP contribution is 2.33. The highest BCUT2D eigenvalue weighted by atomic mass is 32.2. The number of carbonyl (C=O) groups excluding carboxylic acids is 1. The van der Waals surface area contributed by atoms with E-state index in [0.717, 1.165) is 11.3 Å². The smallest absolute Gasteiger partial charge is 0.389 e. The van der Waals surface area contributed by atoms with Crippen molar-refractivity contribution in [3.63, 3.8) is 0 Å². The maximum Gasteiger partial charge on any atom is 0.389 e. The summed E-state index contributed by atoms with van der Waals surface area (Å²) >= 11 is 1.42. The number of H-pyrrole nitrogens is 1. The molecule has 1 aromatic carbocycles. The molecule has 0 radical (unpaired) electrons. The van der Waals surface area contributed by atoms with Gasteiger partial charge in [-0.3, -0.25) is 9.59 Å². The summed E-state index contributed by atoms with van der Waals surface area (Å²) < 4.78 is 69.1. The molecule has 39 heavy (non-hydrogen) atoms. The Bertz CT molecular complexity index is 1470. The Labute approximate surface area is 228 Å². The number of carbonyl (C=O) groups is 1. The molecule has 0 atom stereocenters. The van der Waals surface area contributed by atoms with Gasteiger partial charge in [0.15, 0.2) is 0 Å². The molecule has 2 heterocycles. The first-order valence-electron chi connectivity index (χ1n) is 12.7. The molecule has 1 amide bonds. The zero-order chi connectivity index (χ0) is 28.2. The van der Waals surface area contributed by atoms with Crippen LogP contribution in [0.2, 0.25) is 0 Å². The van der Waals surface area contributed by atoms with Crippen LogP contribution in [0.5, 0.6) is 5.75 Å². The number of pyridine rings is 1. The first-order chi connectivity index (χ1) is 18.5. The summed E-state index contributed by atoms with van der Waals surface area (Å²) in [7, 11) is -3.85. The Kier molecular flexibility index (Phi) is 8.85. The number of alkyl halides is 3. The monoisotopic (exact) mass is 582 g/mol. The number of sulfonamides is 1. The Morgan fingerprint density at radius 1 is 1.10 bits per heavy atom. The molecule has 0 bridgehead atoms. The summed E-state index contributed by atoms with van der Waals surface area (Å²) in [5.74, 6) is -0.431. The molecule has 1 fully saturated rings. The fourth-order valence-electron chi connectivity index (χ4n) is 4.01. The van der Waals surface area contributed by atoms with E-state index in [2.05, 4.69) is 9.71 Å². The Morgan fingerprint density at radius 2 is 1.82 bits per heavy atom. The average molecular weight is 583 g/mol. The van der Waals surface area contributed by atoms with Crippen molar-refractivity contribution in [2.45, 2.75) is 63.3 Å². The second kappa shape index (κ2) is 12.0. The summed E-state index contributed by atoms with van der Waals surface area (Å²) in [5.41, 5.74) is 0.424. The maximum atomic E-state index is 13.2. The van der Waals surface area contributed by atoms with Crippen molar-refractivity contribution in [3.8, 4) is 27.4 Å². The molecule has 4 rings (SSSR count). The van der Waals surface area contributed by atoms with Crippen molar-refractivity contribution in [3.05, 3.63) is 63.3 Å². The minimum Gasteiger partial charge on any atom is -0.494 e. The molecule has 1 saturated carbocycles. The van der Waals surface area contributed by atoms with Crippen molar-refractivity contribution in [1.29, 1.82) is 0 Å². The van der Waals surface area contributed by atoms with Gasteiger partial charge in [0.25, 0.3) is 11.5 Å². The van der Waals surface area contributed by atoms with Gasteiger partial charge in [-0.05, 0) is 86.6 Å². The van der Waals surface area contributed by atoms with E-state index >= 15 is 0 Å². The number of rotatable bonds is 12. The number of hydrogen-bond donors (Lipinski definition) is 2. The molecule has 0 spiro atoms. The molecule has 12 heteroatoms. The number of unbranched alkanes of at least 4 members (excludes halogenated alkanes) is 2. The summed E-state index contributed by atoms with van der Waals surface area (Å²) in [6, 6.07) is 12.2. The van der Waals surface area contributed by atoms with Crippen molar-refractivity contribution in [2.24, 2.45) is 0 Å². The van der Waals surface area contributed by atoms with Crippen molar-refractivity contribution < 1.29 is 31.1 Å². The van der Waals surface area contributed by atoms with E-state index in [1.54, 1.807) is 36.4 Å². The van der Waals surface area contributed by atoms with Gasteiger partial charge in [0.2, 0.25) is 10.0 Å². The predicted molar refractivity (Wildman–Crippen MR) is 145 cm³/mol. The van der Waals surface area contributed by atoms with Crippen molar-refractivity contribution in [1.82, 2.24) is 9.71 Å². The van der Waals surface area contributed by atoms with Crippen LogP contribution in [0.4, 0.5) is 13.2 Å². The Morgan fingerprint density at radius 3 is 2.44 bits per heavy atom. The molecular weight excluding hydrogens is 553 g/mol. The van der Waals surface area contributed by atoms with E-state index < -0.39 is 39.3 Å². The van der Waals surface area contributed by atoms with Crippen molar-refractivity contribution in [2.75, 3.05) is 6.61 Å². The number of halogens is 3. The maximum absolute atomic E-state index is 13.2. The number of ether oxygens (including phenoxy) is 1. The van der Waals surface area contributed by atoms with Gasteiger partial charge in [-0.25, -0.2) is 13.1 Å². The first-order valence-corrected chi connectivity index (χ1v) is 15.1. The predicted octanol–water partition coefficient (Wildman–Crippen LogP) is 6.06. The molecule has 210 valence electrons. The third kappa shape index (κ3) is 7.72. The molecule has 0 aliphatic heterocycles. The SMILES string of the molecule is CCc1ccc(-c2cc(-c3ccc(OCCCCCC(F)(F)F)cc3)[nH]c(=O)c2C(=O)NS(=O)(=O)C2CC2)s1. The number of aryl methyl sites for hydroxylation is 1. The fraction of sp³-hybridized carbons (Fsp3) is 0.407. The largest absolute Gasteiger partial charge is 0.494 e. The lowest BCUT2D eigenvalue weighted by Gasteiger charge is -2.12. The number of aromatic amines is 1. The van der Waals surface area contributed by atoms with Crippen molar-refractivity contribution >= 4 is 27.3 Å². The summed E-state index contributed by atoms with van der Waals surface area (Å²) in [6.45, 7) is 2.27. The van der Waals surface area contributed by atoms with Gasteiger partial charge < -0.3 is 9.72 Å². The second-order valence-corrected chi connectivity index (χ2v) is 12.5. The number of amides is 1. The molecule has 7 nitrogen and oxygen atoms in total. The van der Waals surface area contributed by atoms with Crippen LogP contribution < -0.4 is 15.0 Å². The topological polar surface area (TPSA) is 105 Å². The molecule has 2 N–H and O–H groups in total. The lowest BCUT2D eigenvalue weighted by molar-refractivity contribution is -0.135. The molecule has 3 aromatic rings. The van der Waals surface area contributed by atoms with Crippen LogP contribution >= 0.6 is 11.3 Å². The summed E-state index contributed by atoms with van der Waals surface area (Å²) in [5, 5.41) is -0.614. The zero-order valence-corrected chi connectivity index (χ0v) is 22.9. The minimum atomic E-state index is -4.14. The summed E-state index contributed by atoms with van der Waals surface area (Å²) in [4.78, 5) is 30.6. The van der Waals surface area contributed by atoms with Gasteiger partial charge in [-0.1, -0.05) is 6.92 Å². The lowest BCUT2D eigenvalue weighted by Crippen LogP contribution is -2.36. The molecule has 0 unspecified atom stereocenters. The fourth-order valence-corrected chi connectivity index (χ4v) is 6.27. The molecular formula is C27H29F3N2O5S2. The number of thiophene rings is 1. The van der Waals surface area contributed by atoms with E-state index in [-0.39, 0.29) is 18.6 Å². The zero-order valence-electron chi connectivity index (χ0n) is 21.3. The molecule has 0 saturated heterocycles. The molecule has 1 aliphatic carbocycles. The van der Waals surface area contributed by atoms with Crippen LogP contribution in [0.15, 0.2) is 47.3 Å². The van der Waals surface area contributed by atoms with Crippen LogP contribution in [0.1, 0.15) is 60.7 Å². The average Bonchev–Trinajstić information content (AvgIpc) is 3.64. The van der Waals surface area contributed by atoms with Gasteiger partial charge in [-0.2, -0.15) is 13.2 Å². The van der Waals surface area contributed by atoms with Crippen LogP contribution in [-0.2, 0) is 16.4 Å². The number of aromatic nitrogens is 1. The highest BCUT2D eigenvalue weighted by Gasteiger charge is 2.37.